The van der Waals surface area contributed by atoms with E-state index >= 15 is 0 Å². The Labute approximate surface area is 225 Å². The Morgan fingerprint density at radius 2 is 1.71 bits per heavy atom. The number of rotatable bonds is 6. The average Bonchev–Trinajstić information content (AvgIpc) is 2.82. The van der Waals surface area contributed by atoms with E-state index in [1.807, 2.05) is 55.5 Å². The number of hydrogen-bond donors (Lipinski definition) is 1. The zero-order valence-electron chi connectivity index (χ0n) is 18.3. The molecule has 4 rings (SSSR count). The summed E-state index contributed by atoms with van der Waals surface area (Å²) in [5, 5.41) is 14.7. The zero-order valence-corrected chi connectivity index (χ0v) is 22.6. The van der Waals surface area contributed by atoms with E-state index in [0.717, 1.165) is 29.6 Å². The van der Waals surface area contributed by atoms with E-state index in [1.165, 1.54) is 10.8 Å². The van der Waals surface area contributed by atoms with Crippen LogP contribution in [0, 0.1) is 25.4 Å². The van der Waals surface area contributed by atoms with Gasteiger partial charge in [0.25, 0.3) is 5.91 Å². The van der Waals surface area contributed by atoms with Gasteiger partial charge in [-0.2, -0.15) is 5.26 Å². The smallest absolute Gasteiger partial charge is 0.266 e. The van der Waals surface area contributed by atoms with Gasteiger partial charge in [0.1, 0.15) is 24.0 Å². The van der Waals surface area contributed by atoms with Gasteiger partial charge in [-0.05, 0) is 116 Å². The second-order valence-corrected chi connectivity index (χ2v) is 10.1. The van der Waals surface area contributed by atoms with Crippen molar-refractivity contribution in [2.75, 3.05) is 5.32 Å². The zero-order chi connectivity index (χ0) is 24.1. The molecule has 0 saturated heterocycles. The van der Waals surface area contributed by atoms with E-state index < -0.39 is 5.91 Å². The minimum atomic E-state index is -0.435. The maximum Gasteiger partial charge on any atom is 0.266 e. The largest absolute Gasteiger partial charge is 0.487 e. The Hall–Kier alpha value is -2.90. The molecular formula is C28H20I2N2O2. The Morgan fingerprint density at radius 3 is 2.41 bits per heavy atom. The van der Waals surface area contributed by atoms with E-state index in [0.29, 0.717) is 12.3 Å². The molecule has 34 heavy (non-hydrogen) atoms. The SMILES string of the molecule is Cc1cccc(NC(=O)/C(C#N)=C\c2cc(I)c(OCc3ccc4ccccc4c3)c(I)c2)c1. The normalized spacial score (nSPS) is 11.2. The van der Waals surface area contributed by atoms with Gasteiger partial charge in [-0.3, -0.25) is 4.79 Å². The van der Waals surface area contributed by atoms with Crippen molar-refractivity contribution in [3.8, 4) is 11.8 Å². The van der Waals surface area contributed by atoms with E-state index in [4.69, 9.17) is 4.74 Å². The average molecular weight is 670 g/mol. The Balaban J connectivity index is 1.50. The minimum Gasteiger partial charge on any atom is -0.487 e. The van der Waals surface area contributed by atoms with Crippen LogP contribution >= 0.6 is 45.2 Å². The number of nitrogens with zero attached hydrogens (tertiary/aromatic N) is 1. The van der Waals surface area contributed by atoms with Crippen molar-refractivity contribution >= 4 is 73.6 Å². The first-order valence-electron chi connectivity index (χ1n) is 10.5. The van der Waals surface area contributed by atoms with Gasteiger partial charge in [0.2, 0.25) is 0 Å². The highest BCUT2D eigenvalue weighted by Gasteiger charge is 2.13. The molecule has 0 unspecified atom stereocenters. The number of benzene rings is 4. The first-order valence-corrected chi connectivity index (χ1v) is 12.7. The number of aryl methyl sites for hydroxylation is 1. The molecule has 0 aliphatic rings. The molecule has 0 radical (unpaired) electrons. The maximum atomic E-state index is 12.6. The van der Waals surface area contributed by atoms with Crippen molar-refractivity contribution in [1.29, 1.82) is 5.26 Å². The number of ether oxygens (including phenoxy) is 1. The summed E-state index contributed by atoms with van der Waals surface area (Å²) in [5.41, 5.74) is 3.59. The van der Waals surface area contributed by atoms with Crippen LogP contribution in [0.4, 0.5) is 5.69 Å². The number of halogens is 2. The number of nitriles is 1. The molecule has 1 amide bonds. The molecule has 0 heterocycles. The summed E-state index contributed by atoms with van der Waals surface area (Å²) < 4.78 is 7.97. The predicted octanol–water partition coefficient (Wildman–Crippen LogP) is 7.48. The van der Waals surface area contributed by atoms with Crippen molar-refractivity contribution < 1.29 is 9.53 Å². The number of anilines is 1. The van der Waals surface area contributed by atoms with E-state index in [-0.39, 0.29) is 5.57 Å². The molecular weight excluding hydrogens is 650 g/mol. The van der Waals surface area contributed by atoms with Gasteiger partial charge in [0, 0.05) is 5.69 Å². The van der Waals surface area contributed by atoms with Gasteiger partial charge >= 0.3 is 0 Å². The highest BCUT2D eigenvalue weighted by Crippen LogP contribution is 2.31. The number of carbonyl (C=O) groups excluding carboxylic acids is 1. The summed E-state index contributed by atoms with van der Waals surface area (Å²) >= 11 is 4.45. The molecule has 0 aromatic heterocycles. The summed E-state index contributed by atoms with van der Waals surface area (Å²) in [5.74, 6) is 0.351. The number of hydrogen-bond acceptors (Lipinski definition) is 3. The molecule has 0 fully saturated rings. The maximum absolute atomic E-state index is 12.6. The lowest BCUT2D eigenvalue weighted by molar-refractivity contribution is -0.112. The number of fused-ring (bicyclic) bond motifs is 1. The lowest BCUT2D eigenvalue weighted by Crippen LogP contribution is -2.13. The highest BCUT2D eigenvalue weighted by molar-refractivity contribution is 14.1. The van der Waals surface area contributed by atoms with Crippen LogP contribution in [-0.2, 0) is 11.4 Å². The molecule has 0 saturated carbocycles. The second-order valence-electron chi connectivity index (χ2n) is 7.78. The van der Waals surface area contributed by atoms with E-state index in [2.05, 4.69) is 80.8 Å². The molecule has 0 aliphatic carbocycles. The number of nitrogens with one attached hydrogen (secondary N) is 1. The third kappa shape index (κ3) is 5.96. The molecule has 1 N–H and O–H groups in total. The lowest BCUT2D eigenvalue weighted by Gasteiger charge is -2.12. The van der Waals surface area contributed by atoms with Gasteiger partial charge in [-0.1, -0.05) is 48.5 Å². The first kappa shape index (κ1) is 24.2. The fraction of sp³-hybridized carbons (Fsp3) is 0.0714. The molecule has 4 nitrogen and oxygen atoms in total. The van der Waals surface area contributed by atoms with Crippen LogP contribution in [0.5, 0.6) is 5.75 Å². The summed E-state index contributed by atoms with van der Waals surface area (Å²) in [6.07, 6.45) is 1.60. The Bertz CT molecular complexity index is 1430. The number of amides is 1. The third-order valence-corrected chi connectivity index (χ3v) is 6.77. The highest BCUT2D eigenvalue weighted by atomic mass is 127. The van der Waals surface area contributed by atoms with E-state index in [9.17, 15) is 10.1 Å². The topological polar surface area (TPSA) is 62.1 Å². The lowest BCUT2D eigenvalue weighted by atomic mass is 10.1. The molecule has 0 bridgehead atoms. The molecule has 168 valence electrons. The summed E-state index contributed by atoms with van der Waals surface area (Å²) in [4.78, 5) is 12.6. The quantitative estimate of drug-likeness (QED) is 0.132. The van der Waals surface area contributed by atoms with Crippen LogP contribution in [0.2, 0.25) is 0 Å². The van der Waals surface area contributed by atoms with Crippen LogP contribution in [0.3, 0.4) is 0 Å². The Morgan fingerprint density at radius 1 is 0.971 bits per heavy atom. The fourth-order valence-electron chi connectivity index (χ4n) is 3.52. The van der Waals surface area contributed by atoms with Crippen LogP contribution < -0.4 is 10.1 Å². The third-order valence-electron chi connectivity index (χ3n) is 5.17. The van der Waals surface area contributed by atoms with Crippen LogP contribution in [0.25, 0.3) is 16.8 Å². The van der Waals surface area contributed by atoms with Gasteiger partial charge in [0.05, 0.1) is 7.14 Å². The van der Waals surface area contributed by atoms with Crippen LogP contribution in [-0.4, -0.2) is 5.91 Å². The van der Waals surface area contributed by atoms with E-state index in [1.54, 1.807) is 12.1 Å². The summed E-state index contributed by atoms with van der Waals surface area (Å²) in [6.45, 7) is 2.40. The van der Waals surface area contributed by atoms with Crippen LogP contribution in [0.15, 0.2) is 84.4 Å². The van der Waals surface area contributed by atoms with Crippen molar-refractivity contribution in [1.82, 2.24) is 0 Å². The Kier molecular flexibility index (Phi) is 7.85. The van der Waals surface area contributed by atoms with Gasteiger partial charge in [-0.15, -0.1) is 0 Å². The molecule has 4 aromatic carbocycles. The molecule has 0 aliphatic heterocycles. The van der Waals surface area contributed by atoms with Crippen molar-refractivity contribution in [3.05, 3.63) is 108 Å². The number of carbonyl (C=O) groups is 1. The second kappa shape index (κ2) is 11.0. The first-order chi connectivity index (χ1) is 16.4. The summed E-state index contributed by atoms with van der Waals surface area (Å²) in [6, 6.07) is 27.9. The molecule has 4 aromatic rings. The standard InChI is InChI=1S/C28H20I2N2O2/c1-18-5-4-8-24(11-18)32-28(33)23(16-31)13-20-14-25(29)27(26(30)15-20)34-17-19-9-10-21-6-2-3-7-22(21)12-19/h2-15H,17H2,1H3,(H,32,33)/b23-13-. The van der Waals surface area contributed by atoms with Crippen molar-refractivity contribution in [2.24, 2.45) is 0 Å². The van der Waals surface area contributed by atoms with Gasteiger partial charge < -0.3 is 10.1 Å². The van der Waals surface area contributed by atoms with Gasteiger partial charge in [-0.25, -0.2) is 0 Å². The van der Waals surface area contributed by atoms with Crippen molar-refractivity contribution in [2.45, 2.75) is 13.5 Å². The summed E-state index contributed by atoms with van der Waals surface area (Å²) in [7, 11) is 0. The molecule has 0 spiro atoms. The fourth-order valence-corrected chi connectivity index (χ4v) is 5.65. The van der Waals surface area contributed by atoms with Crippen LogP contribution in [0.1, 0.15) is 16.7 Å². The molecule has 6 heteroatoms. The minimum absolute atomic E-state index is 0.0398. The van der Waals surface area contributed by atoms with Gasteiger partial charge in [0.15, 0.2) is 0 Å². The molecule has 0 atom stereocenters. The van der Waals surface area contributed by atoms with Crippen molar-refractivity contribution in [3.63, 3.8) is 0 Å². The monoisotopic (exact) mass is 670 g/mol. The predicted molar refractivity (Wildman–Crippen MR) is 154 cm³/mol.